The number of benzene rings is 1. The number of ether oxygens (including phenoxy) is 1. The van der Waals surface area contributed by atoms with Crippen LogP contribution in [0.2, 0.25) is 0 Å². The fourth-order valence-electron chi connectivity index (χ4n) is 2.08. The molecule has 1 fully saturated rings. The van der Waals surface area contributed by atoms with E-state index >= 15 is 0 Å². The van der Waals surface area contributed by atoms with Crippen LogP contribution in [-0.4, -0.2) is 34.7 Å². The van der Waals surface area contributed by atoms with E-state index in [0.717, 1.165) is 0 Å². The number of carbonyl (C=O) groups excluding carboxylic acids is 1. The predicted molar refractivity (Wildman–Crippen MR) is 84.9 cm³/mol. The van der Waals surface area contributed by atoms with Crippen molar-refractivity contribution in [1.82, 2.24) is 10.2 Å². The molecule has 1 aliphatic heterocycles. The standard InChI is InChI=1S/C15H18N2O3S/c1-9(2)8-17-14(19)11(16-15(17)21)7-10-5-4-6-12(20-3)13(10)18/h4-7,9,18H,8H2,1-3H3,(H,16,21). The number of carbonyl (C=O) groups is 1. The van der Waals surface area contributed by atoms with Crippen LogP contribution in [0.4, 0.5) is 0 Å². The Morgan fingerprint density at radius 3 is 2.81 bits per heavy atom. The maximum atomic E-state index is 12.3. The van der Waals surface area contributed by atoms with Gasteiger partial charge in [0.2, 0.25) is 0 Å². The van der Waals surface area contributed by atoms with Gasteiger partial charge in [0.25, 0.3) is 5.91 Å². The Balaban J connectivity index is 2.31. The molecule has 2 N–H and O–H groups in total. The minimum Gasteiger partial charge on any atom is -0.504 e. The summed E-state index contributed by atoms with van der Waals surface area (Å²) in [6.45, 7) is 4.60. The van der Waals surface area contributed by atoms with Crippen LogP contribution >= 0.6 is 12.2 Å². The van der Waals surface area contributed by atoms with E-state index in [2.05, 4.69) is 5.32 Å². The minimum atomic E-state index is -0.184. The third-order valence-electron chi connectivity index (χ3n) is 3.06. The second-order valence-corrected chi connectivity index (χ2v) is 5.58. The number of nitrogens with one attached hydrogen (secondary N) is 1. The van der Waals surface area contributed by atoms with E-state index in [9.17, 15) is 9.90 Å². The lowest BCUT2D eigenvalue weighted by molar-refractivity contribution is -0.122. The molecule has 0 saturated carbocycles. The van der Waals surface area contributed by atoms with Gasteiger partial charge in [-0.05, 0) is 30.3 Å². The number of aromatic hydroxyl groups is 1. The molecule has 0 spiro atoms. The first-order chi connectivity index (χ1) is 9.93. The van der Waals surface area contributed by atoms with Crippen LogP contribution in [0.5, 0.6) is 11.5 Å². The third-order valence-corrected chi connectivity index (χ3v) is 3.38. The highest BCUT2D eigenvalue weighted by molar-refractivity contribution is 7.80. The van der Waals surface area contributed by atoms with Crippen LogP contribution in [0.1, 0.15) is 19.4 Å². The second kappa shape index (κ2) is 6.13. The predicted octanol–water partition coefficient (Wildman–Crippen LogP) is 2.11. The van der Waals surface area contributed by atoms with Gasteiger partial charge in [0.1, 0.15) is 5.70 Å². The molecule has 1 saturated heterocycles. The fourth-order valence-corrected chi connectivity index (χ4v) is 2.35. The van der Waals surface area contributed by atoms with Crippen molar-refractivity contribution in [2.45, 2.75) is 13.8 Å². The van der Waals surface area contributed by atoms with Crippen molar-refractivity contribution in [3.63, 3.8) is 0 Å². The molecule has 5 nitrogen and oxygen atoms in total. The monoisotopic (exact) mass is 306 g/mol. The fraction of sp³-hybridized carbons (Fsp3) is 0.333. The Morgan fingerprint density at radius 1 is 1.48 bits per heavy atom. The van der Waals surface area contributed by atoms with Gasteiger partial charge in [-0.15, -0.1) is 0 Å². The number of hydrogen-bond acceptors (Lipinski definition) is 4. The minimum absolute atomic E-state index is 0.00433. The molecular weight excluding hydrogens is 288 g/mol. The average Bonchev–Trinajstić information content (AvgIpc) is 2.68. The van der Waals surface area contributed by atoms with E-state index in [1.165, 1.54) is 12.0 Å². The normalized spacial score (nSPS) is 16.8. The van der Waals surface area contributed by atoms with Gasteiger partial charge in [-0.3, -0.25) is 9.69 Å². The maximum absolute atomic E-state index is 12.3. The van der Waals surface area contributed by atoms with Crippen LogP contribution in [-0.2, 0) is 4.79 Å². The van der Waals surface area contributed by atoms with Crippen LogP contribution in [0.25, 0.3) is 6.08 Å². The van der Waals surface area contributed by atoms with E-state index < -0.39 is 0 Å². The average molecular weight is 306 g/mol. The summed E-state index contributed by atoms with van der Waals surface area (Å²) in [5.41, 5.74) is 0.851. The largest absolute Gasteiger partial charge is 0.504 e. The van der Waals surface area contributed by atoms with Crippen molar-refractivity contribution in [3.8, 4) is 11.5 Å². The maximum Gasteiger partial charge on any atom is 0.276 e. The van der Waals surface area contributed by atoms with E-state index in [4.69, 9.17) is 17.0 Å². The zero-order valence-electron chi connectivity index (χ0n) is 12.2. The lowest BCUT2D eigenvalue weighted by Crippen LogP contribution is -2.33. The van der Waals surface area contributed by atoms with Crippen molar-refractivity contribution in [3.05, 3.63) is 29.5 Å². The van der Waals surface area contributed by atoms with Gasteiger partial charge in [-0.1, -0.05) is 26.0 Å². The number of nitrogens with zero attached hydrogens (tertiary/aromatic N) is 1. The Bertz CT molecular complexity index is 611. The molecule has 1 aromatic carbocycles. The molecule has 0 unspecified atom stereocenters. The van der Waals surface area contributed by atoms with Crippen LogP contribution in [0.3, 0.4) is 0 Å². The molecule has 21 heavy (non-hydrogen) atoms. The van der Waals surface area contributed by atoms with Gasteiger partial charge in [0.05, 0.1) is 7.11 Å². The van der Waals surface area contributed by atoms with Gasteiger partial charge < -0.3 is 15.2 Å². The van der Waals surface area contributed by atoms with Crippen molar-refractivity contribution < 1.29 is 14.6 Å². The van der Waals surface area contributed by atoms with E-state index in [0.29, 0.717) is 34.6 Å². The van der Waals surface area contributed by atoms with Crippen molar-refractivity contribution in [2.75, 3.05) is 13.7 Å². The molecule has 1 aliphatic rings. The summed E-state index contributed by atoms with van der Waals surface area (Å²) in [7, 11) is 1.48. The summed E-state index contributed by atoms with van der Waals surface area (Å²) >= 11 is 5.18. The van der Waals surface area contributed by atoms with Crippen LogP contribution in [0, 0.1) is 5.92 Å². The molecule has 0 bridgehead atoms. The van der Waals surface area contributed by atoms with Crippen molar-refractivity contribution in [2.24, 2.45) is 5.92 Å². The number of thiocarbonyl (C=S) groups is 1. The second-order valence-electron chi connectivity index (χ2n) is 5.20. The molecule has 2 rings (SSSR count). The number of methoxy groups -OCH3 is 1. The number of amides is 1. The quantitative estimate of drug-likeness (QED) is 0.659. The molecular formula is C15H18N2O3S. The van der Waals surface area contributed by atoms with Gasteiger partial charge >= 0.3 is 0 Å². The van der Waals surface area contributed by atoms with Gasteiger partial charge in [0, 0.05) is 12.1 Å². The zero-order valence-corrected chi connectivity index (χ0v) is 13.0. The lowest BCUT2D eigenvalue weighted by atomic mass is 10.1. The first kappa shape index (κ1) is 15.3. The summed E-state index contributed by atoms with van der Waals surface area (Å²) in [6.07, 6.45) is 1.58. The summed E-state index contributed by atoms with van der Waals surface area (Å²) in [5.74, 6) is 0.487. The summed E-state index contributed by atoms with van der Waals surface area (Å²) < 4.78 is 5.05. The Hall–Kier alpha value is -2.08. The van der Waals surface area contributed by atoms with Crippen LogP contribution in [0.15, 0.2) is 23.9 Å². The van der Waals surface area contributed by atoms with Crippen LogP contribution < -0.4 is 10.1 Å². The molecule has 112 valence electrons. The zero-order chi connectivity index (χ0) is 15.6. The highest BCUT2D eigenvalue weighted by Crippen LogP contribution is 2.31. The number of phenols is 1. The summed E-state index contributed by atoms with van der Waals surface area (Å²) in [6, 6.07) is 5.10. The highest BCUT2D eigenvalue weighted by Gasteiger charge is 2.31. The molecule has 1 heterocycles. The highest BCUT2D eigenvalue weighted by atomic mass is 32.1. The van der Waals surface area contributed by atoms with E-state index in [1.54, 1.807) is 24.3 Å². The molecule has 0 radical (unpaired) electrons. The first-order valence-electron chi connectivity index (χ1n) is 6.64. The Labute approximate surface area is 129 Å². The van der Waals surface area contributed by atoms with E-state index in [-0.39, 0.29) is 11.7 Å². The molecule has 1 amide bonds. The van der Waals surface area contributed by atoms with E-state index in [1.807, 2.05) is 13.8 Å². The molecule has 0 atom stereocenters. The number of rotatable bonds is 4. The number of phenolic OH excluding ortho intramolecular Hbond substituents is 1. The molecule has 1 aromatic rings. The van der Waals surface area contributed by atoms with Crippen molar-refractivity contribution in [1.29, 1.82) is 0 Å². The third kappa shape index (κ3) is 3.16. The van der Waals surface area contributed by atoms with Gasteiger partial charge in [-0.25, -0.2) is 0 Å². The first-order valence-corrected chi connectivity index (χ1v) is 7.05. The number of hydrogen-bond donors (Lipinski definition) is 2. The number of para-hydroxylation sites is 1. The smallest absolute Gasteiger partial charge is 0.276 e. The topological polar surface area (TPSA) is 61.8 Å². The Kier molecular flexibility index (Phi) is 4.47. The lowest BCUT2D eigenvalue weighted by Gasteiger charge is -2.16. The summed E-state index contributed by atoms with van der Waals surface area (Å²) in [5, 5.41) is 13.3. The Morgan fingerprint density at radius 2 is 2.19 bits per heavy atom. The SMILES string of the molecule is COc1cccc(C=C2NC(=S)N(CC(C)C)C2=O)c1O. The van der Waals surface area contributed by atoms with Crippen molar-refractivity contribution >= 4 is 29.3 Å². The molecule has 6 heteroatoms. The van der Waals surface area contributed by atoms with Gasteiger partial charge in [0.15, 0.2) is 16.6 Å². The molecule has 0 aliphatic carbocycles. The van der Waals surface area contributed by atoms with Gasteiger partial charge in [-0.2, -0.15) is 0 Å². The summed E-state index contributed by atoms with van der Waals surface area (Å²) in [4.78, 5) is 13.8. The molecule has 0 aromatic heterocycles.